The first-order valence-corrected chi connectivity index (χ1v) is 9.48. The van der Waals surface area contributed by atoms with E-state index in [0.29, 0.717) is 6.42 Å². The van der Waals surface area contributed by atoms with Crippen LogP contribution in [0.2, 0.25) is 0 Å². The van der Waals surface area contributed by atoms with E-state index in [1.54, 1.807) is 0 Å². The summed E-state index contributed by atoms with van der Waals surface area (Å²) in [5.41, 5.74) is 5.44. The molecule has 27 heavy (non-hydrogen) atoms. The van der Waals surface area contributed by atoms with E-state index < -0.39 is 0 Å². The number of hydrogen-bond acceptors (Lipinski definition) is 4. The minimum absolute atomic E-state index is 0. The number of fused-ring (bicyclic) bond motifs is 1. The Labute approximate surface area is 164 Å². The number of rotatable bonds is 5. The fourth-order valence-electron chi connectivity index (χ4n) is 3.34. The molecule has 0 saturated carbocycles. The van der Waals surface area contributed by atoms with E-state index in [4.69, 9.17) is 0 Å². The van der Waals surface area contributed by atoms with Gasteiger partial charge in [-0.15, -0.1) is 0 Å². The van der Waals surface area contributed by atoms with Crippen LogP contribution in [0.3, 0.4) is 0 Å². The van der Waals surface area contributed by atoms with Crippen molar-refractivity contribution >= 4 is 16.9 Å². The molecule has 0 radical (unpaired) electrons. The van der Waals surface area contributed by atoms with Gasteiger partial charge in [0.15, 0.2) is 5.12 Å². The summed E-state index contributed by atoms with van der Waals surface area (Å²) >= 11 is 1.32. The Morgan fingerprint density at radius 1 is 1.04 bits per heavy atom. The van der Waals surface area contributed by atoms with Crippen LogP contribution in [-0.2, 0) is 17.6 Å². The third-order valence-electron chi connectivity index (χ3n) is 4.73. The molecule has 3 aromatic rings. The van der Waals surface area contributed by atoms with Crippen LogP contribution in [0.4, 0.5) is 0 Å². The molecule has 4 rings (SSSR count). The first-order chi connectivity index (χ1) is 12.7. The number of carbonyl (C=O) groups is 1. The lowest BCUT2D eigenvalue weighted by atomic mass is 9.92. The van der Waals surface area contributed by atoms with Crippen molar-refractivity contribution in [3.8, 4) is 11.1 Å². The van der Waals surface area contributed by atoms with Crippen LogP contribution in [0.25, 0.3) is 11.1 Å². The van der Waals surface area contributed by atoms with Crippen molar-refractivity contribution in [1.82, 2.24) is 4.98 Å². The second-order valence-corrected chi connectivity index (χ2v) is 7.65. The van der Waals surface area contributed by atoms with Gasteiger partial charge in [0.1, 0.15) is 0 Å². The van der Waals surface area contributed by atoms with Gasteiger partial charge in [0.2, 0.25) is 0 Å². The summed E-state index contributed by atoms with van der Waals surface area (Å²) in [5, 5.41) is 10.0. The lowest BCUT2D eigenvalue weighted by Crippen LogP contribution is -2.08. The summed E-state index contributed by atoms with van der Waals surface area (Å²) in [5.74, 6) is 0.0569. The Bertz CT molecular complexity index is 940. The molecule has 1 aromatic heterocycles. The normalized spacial score (nSPS) is 13.7. The molecular formula is C23H23NO2S. The molecular weight excluding hydrogens is 354 g/mol. The van der Waals surface area contributed by atoms with Gasteiger partial charge in [-0.25, -0.2) is 0 Å². The second-order valence-electron chi connectivity index (χ2n) is 6.55. The monoisotopic (exact) mass is 377 g/mol. The number of benzene rings is 2. The number of aliphatic hydroxyl groups excluding tert-OH is 1. The van der Waals surface area contributed by atoms with Crippen molar-refractivity contribution < 1.29 is 9.90 Å². The zero-order valence-electron chi connectivity index (χ0n) is 14.3. The smallest absolute Gasteiger partial charge is 0.198 e. The van der Waals surface area contributed by atoms with E-state index in [1.165, 1.54) is 11.8 Å². The van der Waals surface area contributed by atoms with Gasteiger partial charge < -0.3 is 5.11 Å². The lowest BCUT2D eigenvalue weighted by molar-refractivity contribution is -0.110. The Hall–Kier alpha value is -2.43. The van der Waals surface area contributed by atoms with Crippen LogP contribution in [0.1, 0.15) is 30.0 Å². The van der Waals surface area contributed by atoms with Crippen molar-refractivity contribution in [2.24, 2.45) is 0 Å². The van der Waals surface area contributed by atoms with Crippen molar-refractivity contribution in [3.63, 3.8) is 0 Å². The lowest BCUT2D eigenvalue weighted by Gasteiger charge is -2.15. The molecule has 0 saturated heterocycles. The zero-order chi connectivity index (χ0) is 17.9. The number of aliphatic hydroxyl groups is 1. The molecule has 0 fully saturated rings. The van der Waals surface area contributed by atoms with E-state index in [0.717, 1.165) is 39.1 Å². The van der Waals surface area contributed by atoms with Gasteiger partial charge in [0, 0.05) is 35.2 Å². The summed E-state index contributed by atoms with van der Waals surface area (Å²) in [6.45, 7) is 0.103. The SMILES string of the molecule is C.O=C1Cc2ccc(-c3cncc(C[C@@H](CO)c4ccccc4)c3)cc2S1. The second kappa shape index (κ2) is 8.51. The molecule has 1 aliphatic rings. The maximum Gasteiger partial charge on any atom is 0.198 e. The first kappa shape index (κ1) is 19.3. The number of nitrogens with zero attached hydrogens (tertiary/aromatic N) is 1. The van der Waals surface area contributed by atoms with Crippen molar-refractivity contribution in [3.05, 3.63) is 83.7 Å². The number of hydrogen-bond donors (Lipinski definition) is 1. The summed E-state index contributed by atoms with van der Waals surface area (Å²) in [7, 11) is 0. The Morgan fingerprint density at radius 2 is 1.85 bits per heavy atom. The molecule has 0 unspecified atom stereocenters. The highest BCUT2D eigenvalue weighted by atomic mass is 32.2. The van der Waals surface area contributed by atoms with Crippen LogP contribution in [-0.4, -0.2) is 21.8 Å². The van der Waals surface area contributed by atoms with E-state index >= 15 is 0 Å². The van der Waals surface area contributed by atoms with Crippen LogP contribution in [0, 0.1) is 0 Å². The van der Waals surface area contributed by atoms with Crippen LogP contribution in [0.5, 0.6) is 0 Å². The topological polar surface area (TPSA) is 50.2 Å². The van der Waals surface area contributed by atoms with Gasteiger partial charge in [0.05, 0.1) is 6.61 Å². The Kier molecular flexibility index (Phi) is 6.09. The van der Waals surface area contributed by atoms with Crippen molar-refractivity contribution in [1.29, 1.82) is 0 Å². The van der Waals surface area contributed by atoms with Crippen molar-refractivity contribution in [2.75, 3.05) is 6.61 Å². The highest BCUT2D eigenvalue weighted by Gasteiger charge is 2.20. The maximum absolute atomic E-state index is 11.6. The number of aromatic nitrogens is 1. The van der Waals surface area contributed by atoms with Crippen LogP contribution in [0.15, 0.2) is 71.9 Å². The average molecular weight is 378 g/mol. The van der Waals surface area contributed by atoms with E-state index in [1.807, 2.05) is 48.8 Å². The quantitative estimate of drug-likeness (QED) is 0.689. The summed E-state index contributed by atoms with van der Waals surface area (Å²) in [4.78, 5) is 17.1. The van der Waals surface area contributed by atoms with Gasteiger partial charge >= 0.3 is 0 Å². The molecule has 0 bridgehead atoms. The molecule has 0 aliphatic carbocycles. The van der Waals surface area contributed by atoms with Gasteiger partial charge in [0.25, 0.3) is 0 Å². The molecule has 138 valence electrons. The van der Waals surface area contributed by atoms with E-state index in [-0.39, 0.29) is 25.1 Å². The predicted octanol–water partition coefficient (Wildman–Crippen LogP) is 4.88. The van der Waals surface area contributed by atoms with Gasteiger partial charge in [-0.2, -0.15) is 0 Å². The van der Waals surface area contributed by atoms with Gasteiger partial charge in [-0.1, -0.05) is 61.7 Å². The molecule has 1 atom stereocenters. The zero-order valence-corrected chi connectivity index (χ0v) is 15.1. The molecule has 0 amide bonds. The molecule has 1 N–H and O–H groups in total. The molecule has 0 spiro atoms. The summed E-state index contributed by atoms with van der Waals surface area (Å²) < 4.78 is 0. The standard InChI is InChI=1S/C22H19NO2S.CH4/c24-14-20(16-4-2-1-3-5-16)9-15-8-19(13-23-12-15)17-6-7-18-11-22(25)26-21(18)10-17;/h1-8,10,12-13,20,24H,9,11,14H2;1H4/t20-;/m0./s1. The average Bonchev–Trinajstić information content (AvgIpc) is 3.06. The van der Waals surface area contributed by atoms with Gasteiger partial charge in [-0.3, -0.25) is 9.78 Å². The van der Waals surface area contributed by atoms with Crippen LogP contribution < -0.4 is 0 Å². The number of thioether (sulfide) groups is 1. The van der Waals surface area contributed by atoms with Crippen LogP contribution >= 0.6 is 11.8 Å². The molecule has 3 nitrogen and oxygen atoms in total. The molecule has 4 heteroatoms. The highest BCUT2D eigenvalue weighted by molar-refractivity contribution is 8.14. The largest absolute Gasteiger partial charge is 0.396 e. The van der Waals surface area contributed by atoms with E-state index in [9.17, 15) is 9.90 Å². The highest BCUT2D eigenvalue weighted by Crippen LogP contribution is 2.35. The third-order valence-corrected chi connectivity index (χ3v) is 5.70. The van der Waals surface area contributed by atoms with Crippen molar-refractivity contribution in [2.45, 2.75) is 31.1 Å². The Balaban J connectivity index is 0.00000210. The fraction of sp³-hybridized carbons (Fsp3) is 0.217. The summed E-state index contributed by atoms with van der Waals surface area (Å²) in [6.07, 6.45) is 4.97. The summed E-state index contributed by atoms with van der Waals surface area (Å²) in [6, 6.07) is 18.4. The van der Waals surface area contributed by atoms with Gasteiger partial charge in [-0.05, 0) is 40.8 Å². The number of carbonyl (C=O) groups excluding carboxylic acids is 1. The Morgan fingerprint density at radius 3 is 2.63 bits per heavy atom. The minimum atomic E-state index is 0. The molecule has 1 aliphatic heterocycles. The first-order valence-electron chi connectivity index (χ1n) is 8.66. The third kappa shape index (κ3) is 4.29. The molecule has 2 heterocycles. The maximum atomic E-state index is 11.6. The predicted molar refractivity (Wildman–Crippen MR) is 111 cm³/mol. The number of pyridine rings is 1. The molecule has 2 aromatic carbocycles. The van der Waals surface area contributed by atoms with E-state index in [2.05, 4.69) is 23.2 Å². The minimum Gasteiger partial charge on any atom is -0.396 e. The fourth-order valence-corrected chi connectivity index (χ4v) is 4.27.